The molecule has 2 aromatic rings. The molecule has 0 heterocycles. The van der Waals surface area contributed by atoms with Gasteiger partial charge in [-0.1, -0.05) is 18.2 Å². The van der Waals surface area contributed by atoms with Crippen molar-refractivity contribution < 1.29 is 13.2 Å². The van der Waals surface area contributed by atoms with Gasteiger partial charge in [0.2, 0.25) is 0 Å². The average Bonchev–Trinajstić information content (AvgIpc) is 2.56. The third-order valence-corrected chi connectivity index (χ3v) is 4.86. The summed E-state index contributed by atoms with van der Waals surface area (Å²) in [4.78, 5) is -0.346. The highest BCUT2D eigenvalue weighted by Crippen LogP contribution is 2.20. The Morgan fingerprint density at radius 3 is 2.33 bits per heavy atom. The lowest BCUT2D eigenvalue weighted by atomic mass is 10.1. The van der Waals surface area contributed by atoms with Gasteiger partial charge in [0.25, 0.3) is 10.0 Å². The van der Waals surface area contributed by atoms with Crippen molar-refractivity contribution >= 4 is 21.8 Å². The molecular formula is C18H18N2O3S. The number of sulfonamides is 1. The first-order chi connectivity index (χ1) is 11.4. The zero-order valence-corrected chi connectivity index (χ0v) is 14.5. The molecule has 0 aliphatic heterocycles. The van der Waals surface area contributed by atoms with E-state index < -0.39 is 10.0 Å². The number of methoxy groups -OCH3 is 1. The topological polar surface area (TPSA) is 79.2 Å². The van der Waals surface area contributed by atoms with E-state index in [0.29, 0.717) is 17.0 Å². The normalized spacial score (nSPS) is 11.7. The number of hydrogen-bond donors (Lipinski definition) is 1. The van der Waals surface area contributed by atoms with E-state index in [1.807, 2.05) is 26.0 Å². The van der Waals surface area contributed by atoms with Crippen molar-refractivity contribution in [1.29, 1.82) is 5.26 Å². The van der Waals surface area contributed by atoms with Gasteiger partial charge >= 0.3 is 0 Å². The van der Waals surface area contributed by atoms with E-state index in [2.05, 4.69) is 4.72 Å². The van der Waals surface area contributed by atoms with E-state index in [4.69, 9.17) is 4.74 Å². The van der Waals surface area contributed by atoms with Gasteiger partial charge in [0.1, 0.15) is 11.8 Å². The Kier molecular flexibility index (Phi) is 5.27. The summed E-state index contributed by atoms with van der Waals surface area (Å²) in [6.07, 6.45) is 1.36. The number of nitriles is 1. The van der Waals surface area contributed by atoms with Crippen molar-refractivity contribution in [3.8, 4) is 11.8 Å². The predicted molar refractivity (Wildman–Crippen MR) is 95.0 cm³/mol. The summed E-state index contributed by atoms with van der Waals surface area (Å²) < 4.78 is 32.2. The van der Waals surface area contributed by atoms with Gasteiger partial charge in [0.05, 0.1) is 7.11 Å². The number of ether oxygens (including phenoxy) is 1. The molecule has 5 nitrogen and oxygen atoms in total. The van der Waals surface area contributed by atoms with Gasteiger partial charge in [-0.25, -0.2) is 8.42 Å². The molecule has 6 heteroatoms. The monoisotopic (exact) mass is 342 g/mol. The molecule has 0 aliphatic carbocycles. The SMILES string of the molecule is COc1ccc(NS(=O)(=O)/C(C#N)=C\c2ccc(C)c(C)c2)cc1. The molecule has 0 aliphatic rings. The number of hydrogen-bond acceptors (Lipinski definition) is 4. The van der Waals surface area contributed by atoms with Crippen molar-refractivity contribution in [2.45, 2.75) is 13.8 Å². The third kappa shape index (κ3) is 4.15. The van der Waals surface area contributed by atoms with Gasteiger partial charge in [-0.15, -0.1) is 0 Å². The molecule has 0 saturated heterocycles. The Morgan fingerprint density at radius 1 is 1.12 bits per heavy atom. The largest absolute Gasteiger partial charge is 0.497 e. The van der Waals surface area contributed by atoms with E-state index in [1.54, 1.807) is 36.4 Å². The molecular weight excluding hydrogens is 324 g/mol. The molecule has 1 N–H and O–H groups in total. The lowest BCUT2D eigenvalue weighted by molar-refractivity contribution is 0.415. The smallest absolute Gasteiger partial charge is 0.272 e. The lowest BCUT2D eigenvalue weighted by Gasteiger charge is -2.08. The van der Waals surface area contributed by atoms with Crippen LogP contribution in [0.25, 0.3) is 6.08 Å². The Balaban J connectivity index is 2.31. The molecule has 2 aromatic carbocycles. The fourth-order valence-corrected chi connectivity index (χ4v) is 3.01. The predicted octanol–water partition coefficient (Wildman–Crippen LogP) is 3.62. The maximum absolute atomic E-state index is 12.4. The van der Waals surface area contributed by atoms with E-state index >= 15 is 0 Å². The standard InChI is InChI=1S/C18H18N2O3S/c1-13-4-5-15(10-14(13)2)11-18(12-19)24(21,22)20-16-6-8-17(23-3)9-7-16/h4-11,20H,1-3H3/b18-11-. The number of anilines is 1. The molecule has 0 amide bonds. The van der Waals surface area contributed by atoms with Crippen molar-refractivity contribution in [3.05, 3.63) is 64.1 Å². The maximum atomic E-state index is 12.4. The van der Waals surface area contributed by atoms with E-state index in [-0.39, 0.29) is 4.91 Å². The first-order valence-electron chi connectivity index (χ1n) is 7.21. The van der Waals surface area contributed by atoms with Crippen LogP contribution in [0, 0.1) is 25.2 Å². The number of rotatable bonds is 5. The van der Waals surface area contributed by atoms with Crippen LogP contribution in [-0.2, 0) is 10.0 Å². The summed E-state index contributed by atoms with van der Waals surface area (Å²) in [6.45, 7) is 3.90. The minimum Gasteiger partial charge on any atom is -0.497 e. The molecule has 0 aromatic heterocycles. The second-order valence-corrected chi connectivity index (χ2v) is 6.95. The second-order valence-electron chi connectivity index (χ2n) is 5.30. The van der Waals surface area contributed by atoms with Crippen LogP contribution in [-0.4, -0.2) is 15.5 Å². The summed E-state index contributed by atoms with van der Waals surface area (Å²) in [5.41, 5.74) is 3.15. The van der Waals surface area contributed by atoms with Crippen molar-refractivity contribution in [2.75, 3.05) is 11.8 Å². The Hall–Kier alpha value is -2.78. The minimum atomic E-state index is -3.96. The van der Waals surface area contributed by atoms with Crippen LogP contribution < -0.4 is 9.46 Å². The third-order valence-electron chi connectivity index (χ3n) is 3.57. The molecule has 0 atom stereocenters. The molecule has 2 rings (SSSR count). The summed E-state index contributed by atoms with van der Waals surface area (Å²) in [5, 5.41) is 9.25. The summed E-state index contributed by atoms with van der Waals surface area (Å²) in [5.74, 6) is 0.615. The highest BCUT2D eigenvalue weighted by Gasteiger charge is 2.17. The van der Waals surface area contributed by atoms with Crippen LogP contribution >= 0.6 is 0 Å². The first kappa shape index (κ1) is 17.6. The van der Waals surface area contributed by atoms with Gasteiger partial charge < -0.3 is 4.74 Å². The minimum absolute atomic E-state index is 0.346. The quantitative estimate of drug-likeness (QED) is 0.842. The first-order valence-corrected chi connectivity index (χ1v) is 8.70. The fourth-order valence-electron chi connectivity index (χ4n) is 2.04. The zero-order chi connectivity index (χ0) is 17.7. The number of aryl methyl sites for hydroxylation is 2. The number of nitrogens with zero attached hydrogens (tertiary/aromatic N) is 1. The molecule has 124 valence electrons. The summed E-state index contributed by atoms with van der Waals surface area (Å²) in [7, 11) is -2.43. The van der Waals surface area contributed by atoms with Crippen LogP contribution in [0.3, 0.4) is 0 Å². The van der Waals surface area contributed by atoms with Crippen molar-refractivity contribution in [2.24, 2.45) is 0 Å². The highest BCUT2D eigenvalue weighted by atomic mass is 32.2. The van der Waals surface area contributed by atoms with Crippen molar-refractivity contribution in [3.63, 3.8) is 0 Å². The highest BCUT2D eigenvalue weighted by molar-refractivity contribution is 7.96. The molecule has 0 fully saturated rings. The second kappa shape index (κ2) is 7.20. The van der Waals surface area contributed by atoms with E-state index in [1.165, 1.54) is 13.2 Å². The van der Waals surface area contributed by atoms with Crippen LogP contribution in [0.15, 0.2) is 47.4 Å². The van der Waals surface area contributed by atoms with E-state index in [0.717, 1.165) is 11.1 Å². The molecule has 0 radical (unpaired) electrons. The molecule has 24 heavy (non-hydrogen) atoms. The number of benzene rings is 2. The Morgan fingerprint density at radius 2 is 1.79 bits per heavy atom. The molecule has 0 unspecified atom stereocenters. The molecule has 0 bridgehead atoms. The zero-order valence-electron chi connectivity index (χ0n) is 13.7. The van der Waals surface area contributed by atoms with Crippen LogP contribution in [0.4, 0.5) is 5.69 Å². The van der Waals surface area contributed by atoms with Crippen LogP contribution in [0.1, 0.15) is 16.7 Å². The number of nitrogens with one attached hydrogen (secondary N) is 1. The lowest BCUT2D eigenvalue weighted by Crippen LogP contribution is -2.14. The Bertz CT molecular complexity index is 908. The van der Waals surface area contributed by atoms with Gasteiger partial charge in [-0.05, 0) is 60.9 Å². The van der Waals surface area contributed by atoms with Gasteiger partial charge in [-0.2, -0.15) is 5.26 Å². The van der Waals surface area contributed by atoms with E-state index in [9.17, 15) is 13.7 Å². The number of allylic oxidation sites excluding steroid dienone is 1. The maximum Gasteiger partial charge on any atom is 0.272 e. The van der Waals surface area contributed by atoms with Gasteiger partial charge in [0.15, 0.2) is 4.91 Å². The summed E-state index contributed by atoms with van der Waals surface area (Å²) in [6, 6.07) is 13.7. The average molecular weight is 342 g/mol. The Labute approximate surface area is 142 Å². The molecule has 0 saturated carbocycles. The fraction of sp³-hybridized carbons (Fsp3) is 0.167. The molecule has 0 spiro atoms. The summed E-state index contributed by atoms with van der Waals surface area (Å²) >= 11 is 0. The van der Waals surface area contributed by atoms with Gasteiger partial charge in [0, 0.05) is 5.69 Å². The van der Waals surface area contributed by atoms with Crippen LogP contribution in [0.2, 0.25) is 0 Å². The van der Waals surface area contributed by atoms with Crippen molar-refractivity contribution in [1.82, 2.24) is 0 Å². The van der Waals surface area contributed by atoms with Crippen LogP contribution in [0.5, 0.6) is 5.75 Å². The van der Waals surface area contributed by atoms with Gasteiger partial charge in [-0.3, -0.25) is 4.72 Å².